The molecule has 136 valence electrons. The first-order valence-electron chi connectivity index (χ1n) is 8.56. The molecule has 0 spiro atoms. The van der Waals surface area contributed by atoms with Gasteiger partial charge in [0, 0.05) is 11.3 Å². The lowest BCUT2D eigenvalue weighted by Gasteiger charge is -2.30. The van der Waals surface area contributed by atoms with Gasteiger partial charge in [0.2, 0.25) is 5.29 Å². The van der Waals surface area contributed by atoms with Crippen LogP contribution >= 0.6 is 11.6 Å². The molecule has 4 nitrogen and oxygen atoms in total. The monoisotopic (exact) mass is 388 g/mol. The fourth-order valence-electron chi connectivity index (χ4n) is 3.09. The van der Waals surface area contributed by atoms with E-state index < -0.39 is 12.0 Å². The van der Waals surface area contributed by atoms with Crippen molar-refractivity contribution in [3.63, 3.8) is 0 Å². The molecule has 0 aliphatic carbocycles. The molecule has 0 radical (unpaired) electrons. The number of anilines is 1. The number of halogens is 2. The van der Waals surface area contributed by atoms with Gasteiger partial charge in [0.15, 0.2) is 6.17 Å². The number of benzene rings is 3. The van der Waals surface area contributed by atoms with Gasteiger partial charge in [-0.15, -0.1) is 0 Å². The van der Waals surface area contributed by atoms with Crippen molar-refractivity contribution in [2.45, 2.75) is 6.17 Å². The van der Waals surface area contributed by atoms with Crippen LogP contribution in [0.4, 0.5) is 10.1 Å². The zero-order valence-electron chi connectivity index (χ0n) is 14.6. The third-order valence-electron chi connectivity index (χ3n) is 4.43. The summed E-state index contributed by atoms with van der Waals surface area (Å²) >= 11 is 6.03. The number of amidine groups is 1. The van der Waals surface area contributed by atoms with Crippen LogP contribution in [-0.4, -0.2) is 11.6 Å². The molecule has 1 atom stereocenters. The second-order valence-electron chi connectivity index (χ2n) is 6.19. The molecular formula is C22H14ClFN4. The van der Waals surface area contributed by atoms with Crippen LogP contribution in [0.25, 0.3) is 11.1 Å². The fraction of sp³-hybridized carbons (Fsp3) is 0.0455. The number of hydrogen-bond donors (Lipinski definition) is 0. The Bertz CT molecular complexity index is 1120. The standard InChI is InChI=1S/C22H14ClFN4/c23-22-26-14-28(18-7-2-1-3-8-18)21(27-22)19-12-17(9-10-20(19)24)16-6-4-5-15(11-16)13-25/h1-12,14,21H. The van der Waals surface area contributed by atoms with Gasteiger partial charge >= 0.3 is 0 Å². The quantitative estimate of drug-likeness (QED) is 0.556. The van der Waals surface area contributed by atoms with E-state index in [1.54, 1.807) is 41.6 Å². The number of nitrogens with zero attached hydrogens (tertiary/aromatic N) is 4. The SMILES string of the molecule is N#Cc1cccc(-c2ccc(F)c(C3N=C(Cl)N=CN3c3ccccc3)c2)c1. The first-order chi connectivity index (χ1) is 13.7. The van der Waals surface area contributed by atoms with Crippen molar-refractivity contribution in [3.8, 4) is 17.2 Å². The number of hydrogen-bond acceptors (Lipinski definition) is 4. The van der Waals surface area contributed by atoms with E-state index in [1.807, 2.05) is 36.4 Å². The van der Waals surface area contributed by atoms with Gasteiger partial charge in [-0.05, 0) is 59.1 Å². The van der Waals surface area contributed by atoms with Crippen LogP contribution in [0.5, 0.6) is 0 Å². The van der Waals surface area contributed by atoms with Crippen molar-refractivity contribution in [2.75, 3.05) is 4.90 Å². The normalized spacial score (nSPS) is 15.8. The highest BCUT2D eigenvalue weighted by atomic mass is 35.5. The van der Waals surface area contributed by atoms with Crippen molar-refractivity contribution in [2.24, 2.45) is 9.98 Å². The summed E-state index contributed by atoms with van der Waals surface area (Å²) in [5.41, 5.74) is 3.34. The molecule has 1 unspecified atom stereocenters. The molecular weight excluding hydrogens is 375 g/mol. The predicted molar refractivity (Wildman–Crippen MR) is 110 cm³/mol. The first-order valence-corrected chi connectivity index (χ1v) is 8.94. The minimum Gasteiger partial charge on any atom is -0.305 e. The molecule has 0 saturated carbocycles. The molecule has 3 aromatic carbocycles. The van der Waals surface area contributed by atoms with Gasteiger partial charge in [-0.1, -0.05) is 36.4 Å². The van der Waals surface area contributed by atoms with Gasteiger partial charge in [-0.3, -0.25) is 0 Å². The predicted octanol–water partition coefficient (Wildman–Crippen LogP) is 5.51. The highest BCUT2D eigenvalue weighted by molar-refractivity contribution is 6.65. The van der Waals surface area contributed by atoms with Crippen molar-refractivity contribution in [3.05, 3.63) is 89.7 Å². The Kier molecular flexibility index (Phi) is 4.88. The van der Waals surface area contributed by atoms with Crippen LogP contribution in [0.15, 0.2) is 82.8 Å². The van der Waals surface area contributed by atoms with E-state index in [2.05, 4.69) is 16.1 Å². The number of aliphatic imine (C=N–C) groups is 2. The maximum absolute atomic E-state index is 14.8. The van der Waals surface area contributed by atoms with Gasteiger partial charge in [0.05, 0.1) is 11.6 Å². The van der Waals surface area contributed by atoms with E-state index in [0.717, 1.165) is 16.8 Å². The van der Waals surface area contributed by atoms with Crippen molar-refractivity contribution in [1.82, 2.24) is 0 Å². The maximum Gasteiger partial charge on any atom is 0.221 e. The van der Waals surface area contributed by atoms with Gasteiger partial charge in [-0.2, -0.15) is 5.26 Å². The van der Waals surface area contributed by atoms with Crippen LogP contribution in [-0.2, 0) is 0 Å². The highest BCUT2D eigenvalue weighted by Crippen LogP contribution is 2.34. The smallest absolute Gasteiger partial charge is 0.221 e. The van der Waals surface area contributed by atoms with Crippen LogP contribution in [0.2, 0.25) is 0 Å². The van der Waals surface area contributed by atoms with Crippen LogP contribution < -0.4 is 4.90 Å². The van der Waals surface area contributed by atoms with E-state index in [-0.39, 0.29) is 5.29 Å². The highest BCUT2D eigenvalue weighted by Gasteiger charge is 2.26. The molecule has 0 bridgehead atoms. The molecule has 0 aromatic heterocycles. The topological polar surface area (TPSA) is 51.8 Å². The fourth-order valence-corrected chi connectivity index (χ4v) is 3.22. The molecule has 0 N–H and O–H groups in total. The molecule has 4 rings (SSSR count). The second kappa shape index (κ2) is 7.63. The average Bonchev–Trinajstić information content (AvgIpc) is 2.74. The Morgan fingerprint density at radius 1 is 0.964 bits per heavy atom. The summed E-state index contributed by atoms with van der Waals surface area (Å²) in [5.74, 6) is -0.394. The number of para-hydroxylation sites is 1. The zero-order chi connectivity index (χ0) is 19.5. The molecule has 28 heavy (non-hydrogen) atoms. The Balaban J connectivity index is 1.80. The maximum atomic E-state index is 14.8. The zero-order valence-corrected chi connectivity index (χ0v) is 15.4. The van der Waals surface area contributed by atoms with E-state index >= 15 is 0 Å². The van der Waals surface area contributed by atoms with E-state index in [1.165, 1.54) is 6.07 Å². The third-order valence-corrected chi connectivity index (χ3v) is 4.63. The first kappa shape index (κ1) is 17.9. The molecule has 1 aliphatic heterocycles. The summed E-state index contributed by atoms with van der Waals surface area (Å²) in [6.07, 6.45) is 0.865. The number of rotatable bonds is 3. The summed E-state index contributed by atoms with van der Waals surface area (Å²) in [4.78, 5) is 10.2. The average molecular weight is 389 g/mol. The second-order valence-corrected chi connectivity index (χ2v) is 6.53. The minimum atomic E-state index is -0.688. The summed E-state index contributed by atoms with van der Waals surface area (Å²) in [6.45, 7) is 0. The lowest BCUT2D eigenvalue weighted by atomic mass is 9.99. The lowest BCUT2D eigenvalue weighted by molar-refractivity contribution is 0.587. The Morgan fingerprint density at radius 3 is 2.54 bits per heavy atom. The minimum absolute atomic E-state index is 0.0634. The van der Waals surface area contributed by atoms with Gasteiger partial charge in [-0.25, -0.2) is 14.4 Å². The third kappa shape index (κ3) is 3.51. The summed E-state index contributed by atoms with van der Waals surface area (Å²) in [6, 6.07) is 23.6. The van der Waals surface area contributed by atoms with Crippen LogP contribution in [0.1, 0.15) is 17.3 Å². The summed E-state index contributed by atoms with van der Waals surface area (Å²) < 4.78 is 14.8. The molecule has 3 aromatic rings. The summed E-state index contributed by atoms with van der Waals surface area (Å²) in [7, 11) is 0. The van der Waals surface area contributed by atoms with Crippen molar-refractivity contribution in [1.29, 1.82) is 5.26 Å². The largest absolute Gasteiger partial charge is 0.305 e. The van der Waals surface area contributed by atoms with E-state index in [0.29, 0.717) is 11.1 Å². The van der Waals surface area contributed by atoms with Gasteiger partial charge in [0.1, 0.15) is 12.2 Å². The van der Waals surface area contributed by atoms with Crippen LogP contribution in [0, 0.1) is 17.1 Å². The van der Waals surface area contributed by atoms with Crippen molar-refractivity contribution >= 4 is 28.9 Å². The molecule has 1 heterocycles. The molecule has 0 fully saturated rings. The number of nitriles is 1. The summed E-state index contributed by atoms with van der Waals surface area (Å²) in [5, 5.41) is 9.20. The van der Waals surface area contributed by atoms with Gasteiger partial charge in [0.25, 0.3) is 0 Å². The molecule has 1 aliphatic rings. The Labute approximate surface area is 166 Å². The van der Waals surface area contributed by atoms with Crippen LogP contribution in [0.3, 0.4) is 0 Å². The van der Waals surface area contributed by atoms with E-state index in [9.17, 15) is 4.39 Å². The van der Waals surface area contributed by atoms with Gasteiger partial charge < -0.3 is 4.90 Å². The molecule has 0 amide bonds. The molecule has 0 saturated heterocycles. The molecule has 6 heteroatoms. The van der Waals surface area contributed by atoms with E-state index in [4.69, 9.17) is 16.9 Å². The van der Waals surface area contributed by atoms with Crippen molar-refractivity contribution < 1.29 is 4.39 Å². The Morgan fingerprint density at radius 2 is 1.75 bits per heavy atom. The lowest BCUT2D eigenvalue weighted by Crippen LogP contribution is -2.30. The Hall–Kier alpha value is -3.49.